The molecule has 0 bridgehead atoms. The molecule has 0 saturated carbocycles. The number of fused-ring (bicyclic) bond motifs is 2. The summed E-state index contributed by atoms with van der Waals surface area (Å²) in [5.41, 5.74) is 9.47. The van der Waals surface area contributed by atoms with Crippen LogP contribution >= 0.6 is 0 Å². The average Bonchev–Trinajstić information content (AvgIpc) is 3.32. The Balaban J connectivity index is 1.89. The van der Waals surface area contributed by atoms with Gasteiger partial charge in [-0.3, -0.25) is 14.4 Å². The number of aromatic nitrogens is 1. The highest BCUT2D eigenvalue weighted by atomic mass is 32.2. The van der Waals surface area contributed by atoms with Crippen molar-refractivity contribution in [3.8, 4) is 5.75 Å². The third-order valence-electron chi connectivity index (χ3n) is 9.22. The summed E-state index contributed by atoms with van der Waals surface area (Å²) in [6, 6.07) is 0.923. The number of aromatic hydroxyl groups is 1. The number of aliphatic hydroxyl groups is 2. The lowest BCUT2D eigenvalue weighted by molar-refractivity contribution is -0.154. The number of ketones is 2. The predicted octanol–water partition coefficient (Wildman–Crippen LogP) is 0.0390. The van der Waals surface area contributed by atoms with Gasteiger partial charge in [0.15, 0.2) is 22.9 Å². The molecule has 1 heterocycles. The van der Waals surface area contributed by atoms with Crippen LogP contribution in [0.5, 0.6) is 5.75 Å². The minimum absolute atomic E-state index is 0.0188. The van der Waals surface area contributed by atoms with Crippen molar-refractivity contribution < 1.29 is 42.6 Å². The minimum Gasteiger partial charge on any atom is -0.508 e. The van der Waals surface area contributed by atoms with E-state index < -0.39 is 74.9 Å². The fourth-order valence-electron chi connectivity index (χ4n) is 6.80. The predicted molar refractivity (Wildman–Crippen MR) is 167 cm³/mol. The molecule has 15 nitrogen and oxygen atoms in total. The normalized spacial score (nSPS) is 22.8. The summed E-state index contributed by atoms with van der Waals surface area (Å²) >= 11 is 0. The lowest BCUT2D eigenvalue weighted by atomic mass is 9.60. The van der Waals surface area contributed by atoms with E-state index in [-0.39, 0.29) is 52.4 Å². The number of hydrogen-bond acceptors (Lipinski definition) is 13. The third-order valence-corrected chi connectivity index (χ3v) is 10.9. The molecule has 1 aromatic heterocycles. The van der Waals surface area contributed by atoms with Crippen molar-refractivity contribution in [2.24, 2.45) is 29.2 Å². The molecular weight excluding hydrogens is 620 g/mol. The highest BCUT2D eigenvalue weighted by Gasteiger charge is 2.59. The Kier molecular flexibility index (Phi) is 9.45. The van der Waals surface area contributed by atoms with Gasteiger partial charge in [0.25, 0.3) is 0 Å². The molecule has 16 heteroatoms. The number of hydrogen-bond donors (Lipinski definition) is 6. The molecule has 0 aliphatic heterocycles. The van der Waals surface area contributed by atoms with Gasteiger partial charge >= 0.3 is 0 Å². The van der Waals surface area contributed by atoms with Gasteiger partial charge in [-0.1, -0.05) is 5.16 Å². The number of anilines is 1. The largest absolute Gasteiger partial charge is 0.508 e. The molecule has 0 radical (unpaired) electrons. The molecule has 2 aliphatic rings. The van der Waals surface area contributed by atoms with Crippen LogP contribution in [-0.2, 0) is 32.6 Å². The van der Waals surface area contributed by atoms with E-state index in [1.54, 1.807) is 44.1 Å². The van der Waals surface area contributed by atoms with Crippen molar-refractivity contribution in [1.82, 2.24) is 14.8 Å². The first-order chi connectivity index (χ1) is 21.3. The van der Waals surface area contributed by atoms with Gasteiger partial charge < -0.3 is 41.1 Å². The first-order valence-corrected chi connectivity index (χ1v) is 16.2. The zero-order valence-electron chi connectivity index (χ0n) is 26.9. The molecule has 2 aromatic rings. The van der Waals surface area contributed by atoms with E-state index in [1.165, 1.54) is 20.8 Å². The second kappa shape index (κ2) is 12.4. The number of carbonyl (C=O) groups excluding carboxylic acids is 3. The van der Waals surface area contributed by atoms with E-state index in [1.807, 2.05) is 0 Å². The highest BCUT2D eigenvalue weighted by molar-refractivity contribution is 7.89. The Morgan fingerprint density at radius 3 is 2.35 bits per heavy atom. The summed E-state index contributed by atoms with van der Waals surface area (Å²) in [5.74, 6) is -7.55. The SMILES string of the molecule is Cc1noc(C)c1S(=O)(=O)NCc1cc(N(C)C)c2c(c1O)C(=O)C1=C(O)[C@](O)(C(=O)C(C)C(N)=O)[C@H]([C@@H](CN)N(C)C)C[C@@H]1C2. The van der Waals surface area contributed by atoms with E-state index in [9.17, 15) is 38.1 Å². The van der Waals surface area contributed by atoms with Crippen molar-refractivity contribution in [3.05, 3.63) is 45.5 Å². The summed E-state index contributed by atoms with van der Waals surface area (Å²) in [4.78, 5) is 43.3. The van der Waals surface area contributed by atoms with Crippen LogP contribution in [0, 0.1) is 31.6 Å². The topological polar surface area (TPSA) is 243 Å². The smallest absolute Gasteiger partial charge is 0.246 e. The Morgan fingerprint density at radius 2 is 1.85 bits per heavy atom. The molecule has 1 unspecified atom stereocenters. The van der Waals surface area contributed by atoms with Gasteiger partial charge in [-0.05, 0) is 65.3 Å². The van der Waals surface area contributed by atoms with Crippen LogP contribution in [0.3, 0.4) is 0 Å². The van der Waals surface area contributed by atoms with Crippen molar-refractivity contribution in [2.45, 2.75) is 56.7 Å². The Morgan fingerprint density at radius 1 is 1.22 bits per heavy atom. The second-order valence-electron chi connectivity index (χ2n) is 12.5. The number of aryl methyl sites for hydroxylation is 2. The molecule has 0 fully saturated rings. The van der Waals surface area contributed by atoms with Crippen LogP contribution < -0.4 is 21.1 Å². The maximum absolute atomic E-state index is 14.3. The Labute approximate surface area is 267 Å². The zero-order valence-corrected chi connectivity index (χ0v) is 27.7. The van der Waals surface area contributed by atoms with Crippen molar-refractivity contribution in [1.29, 1.82) is 0 Å². The maximum Gasteiger partial charge on any atom is 0.246 e. The number of phenolic OH excluding ortho intramolecular Hbond substituents is 1. The number of amides is 1. The molecule has 0 spiro atoms. The molecule has 252 valence electrons. The number of allylic oxidation sites excluding steroid dienone is 1. The average molecular weight is 663 g/mol. The summed E-state index contributed by atoms with van der Waals surface area (Å²) in [6.07, 6.45) is 0.161. The van der Waals surface area contributed by atoms with Gasteiger partial charge in [0, 0.05) is 56.0 Å². The second-order valence-corrected chi connectivity index (χ2v) is 14.2. The zero-order chi connectivity index (χ0) is 34.6. The van der Waals surface area contributed by atoms with Crippen LogP contribution in [0.2, 0.25) is 0 Å². The number of carbonyl (C=O) groups is 3. The quantitative estimate of drug-likeness (QED) is 0.174. The van der Waals surface area contributed by atoms with Gasteiger partial charge in [-0.25, -0.2) is 13.1 Å². The van der Waals surface area contributed by atoms with Gasteiger partial charge in [0.05, 0.1) is 11.5 Å². The summed E-state index contributed by atoms with van der Waals surface area (Å²) in [5, 5.41) is 38.9. The maximum atomic E-state index is 14.3. The van der Waals surface area contributed by atoms with E-state index in [0.29, 0.717) is 11.3 Å². The molecular formula is C30H42N6O9S. The fourth-order valence-corrected chi connectivity index (χ4v) is 8.13. The van der Waals surface area contributed by atoms with Gasteiger partial charge in [0.2, 0.25) is 15.9 Å². The van der Waals surface area contributed by atoms with E-state index >= 15 is 0 Å². The summed E-state index contributed by atoms with van der Waals surface area (Å²) < 4.78 is 33.6. The first kappa shape index (κ1) is 35.0. The first-order valence-electron chi connectivity index (χ1n) is 14.7. The molecule has 2 aliphatic carbocycles. The number of primary amides is 1. The van der Waals surface area contributed by atoms with E-state index in [0.717, 1.165) is 0 Å². The van der Waals surface area contributed by atoms with Crippen LogP contribution in [-0.4, -0.2) is 97.6 Å². The van der Waals surface area contributed by atoms with Crippen LogP contribution in [0.25, 0.3) is 0 Å². The van der Waals surface area contributed by atoms with Gasteiger partial charge in [-0.15, -0.1) is 0 Å². The number of rotatable bonds is 11. The van der Waals surface area contributed by atoms with Crippen molar-refractivity contribution in [3.63, 3.8) is 0 Å². The molecule has 46 heavy (non-hydrogen) atoms. The number of nitrogens with one attached hydrogen (secondary N) is 1. The third kappa shape index (κ3) is 5.57. The molecule has 0 saturated heterocycles. The van der Waals surface area contributed by atoms with E-state index in [4.69, 9.17) is 16.0 Å². The lowest BCUT2D eigenvalue weighted by Gasteiger charge is -2.48. The number of likely N-dealkylation sites (N-methyl/N-ethyl adjacent to an activating group) is 1. The number of Topliss-reactive ketones (excluding diaryl/α,β-unsaturated/α-hetero) is 2. The number of sulfonamides is 1. The van der Waals surface area contributed by atoms with Crippen molar-refractivity contribution in [2.75, 3.05) is 39.6 Å². The Hall–Kier alpha value is -3.83. The number of nitrogens with zero attached hydrogens (tertiary/aromatic N) is 3. The fraction of sp³-hybridized carbons (Fsp3) is 0.533. The van der Waals surface area contributed by atoms with Crippen molar-refractivity contribution >= 4 is 33.2 Å². The molecule has 4 rings (SSSR count). The van der Waals surface area contributed by atoms with Crippen LogP contribution in [0.1, 0.15) is 46.3 Å². The van der Waals surface area contributed by atoms with Crippen LogP contribution in [0.4, 0.5) is 5.69 Å². The Bertz CT molecular complexity index is 1710. The number of nitrogens with two attached hydrogens (primary N) is 2. The van der Waals surface area contributed by atoms with Gasteiger partial charge in [0.1, 0.15) is 22.1 Å². The number of benzene rings is 1. The molecule has 8 N–H and O–H groups in total. The summed E-state index contributed by atoms with van der Waals surface area (Å²) in [7, 11) is 2.70. The molecule has 5 atom stereocenters. The van der Waals surface area contributed by atoms with Gasteiger partial charge in [-0.2, -0.15) is 0 Å². The molecule has 1 aromatic carbocycles. The lowest BCUT2D eigenvalue weighted by Crippen LogP contribution is -2.62. The number of aliphatic hydroxyl groups excluding tert-OH is 1. The standard InChI is InChI=1S/C30H42N6O9S/c1-13(29(32)41)27(39)30(42)19(21(11-31)36(6)7)9-16-8-18-20(35(4)5)10-17(24(37)23(18)25(38)22(16)28(30)40)12-33-46(43,44)26-14(2)34-45-15(26)3/h10,13,16,19,21,33,37,40,42H,8-9,11-12,31H2,1-7H3,(H2,32,41)/t13?,16-,19-,21+,30+/m0/s1. The highest BCUT2D eigenvalue weighted by Crippen LogP contribution is 2.51. The number of phenols is 1. The van der Waals surface area contributed by atoms with Crippen LogP contribution in [0.15, 0.2) is 26.8 Å². The summed E-state index contributed by atoms with van der Waals surface area (Å²) in [6.45, 7) is 3.69. The molecule has 1 amide bonds. The van der Waals surface area contributed by atoms with E-state index in [2.05, 4.69) is 9.88 Å². The minimum atomic E-state index is -4.14. The monoisotopic (exact) mass is 662 g/mol.